The maximum atomic E-state index is 12.7. The van der Waals surface area contributed by atoms with E-state index in [0.717, 1.165) is 0 Å². The molecule has 0 bridgehead atoms. The van der Waals surface area contributed by atoms with Crippen LogP contribution < -0.4 is 0 Å². The fourth-order valence-corrected chi connectivity index (χ4v) is 4.16. The van der Waals surface area contributed by atoms with Gasteiger partial charge in [-0.15, -0.1) is 0 Å². The third-order valence-corrected chi connectivity index (χ3v) is 5.07. The van der Waals surface area contributed by atoms with Crippen LogP contribution in [0.2, 0.25) is 0 Å². The molecule has 0 unspecified atom stereocenters. The molecule has 1 rings (SSSR count). The van der Waals surface area contributed by atoms with Gasteiger partial charge in [0.2, 0.25) is 10.0 Å². The maximum Gasteiger partial charge on any atom is 0.246 e. The van der Waals surface area contributed by atoms with Crippen LogP contribution in [0.15, 0.2) is 4.90 Å². The molecule has 116 valence electrons. The highest BCUT2D eigenvalue weighted by atomic mass is 32.2. The predicted molar refractivity (Wildman–Crippen MR) is 78.1 cm³/mol. The molecule has 1 aromatic heterocycles. The van der Waals surface area contributed by atoms with Gasteiger partial charge in [0.05, 0.1) is 17.0 Å². The van der Waals surface area contributed by atoms with Crippen LogP contribution >= 0.6 is 0 Å². The molecule has 0 aliphatic rings. The van der Waals surface area contributed by atoms with E-state index in [1.165, 1.54) is 11.4 Å². The summed E-state index contributed by atoms with van der Waals surface area (Å²) >= 11 is 0. The summed E-state index contributed by atoms with van der Waals surface area (Å²) < 4.78 is 28.3. The molecule has 0 amide bonds. The average molecular weight is 303 g/mol. The van der Waals surface area contributed by atoms with E-state index < -0.39 is 15.6 Å². The lowest BCUT2D eigenvalue weighted by molar-refractivity contribution is 0.0639. The molecule has 1 aromatic rings. The van der Waals surface area contributed by atoms with Crippen molar-refractivity contribution < 1.29 is 13.5 Å². The van der Waals surface area contributed by atoms with Gasteiger partial charge >= 0.3 is 0 Å². The summed E-state index contributed by atoms with van der Waals surface area (Å²) in [5, 5.41) is 14.1. The van der Waals surface area contributed by atoms with Crippen LogP contribution in [0.25, 0.3) is 0 Å². The molecule has 1 N–H and O–H groups in total. The average Bonchev–Trinajstić information content (AvgIpc) is 2.63. The second-order valence-electron chi connectivity index (χ2n) is 5.63. The van der Waals surface area contributed by atoms with Crippen LogP contribution in [-0.2, 0) is 29.9 Å². The van der Waals surface area contributed by atoms with Crippen molar-refractivity contribution in [2.24, 2.45) is 7.05 Å². The van der Waals surface area contributed by atoms with E-state index in [9.17, 15) is 13.5 Å². The van der Waals surface area contributed by atoms with Crippen LogP contribution in [-0.4, -0.2) is 46.8 Å². The van der Waals surface area contributed by atoms with E-state index in [2.05, 4.69) is 5.10 Å². The minimum absolute atomic E-state index is 0.0382. The predicted octanol–water partition coefficient (Wildman–Crippen LogP) is 0.936. The van der Waals surface area contributed by atoms with Crippen LogP contribution in [0, 0.1) is 0 Å². The number of aliphatic hydroxyl groups is 1. The van der Waals surface area contributed by atoms with Crippen LogP contribution in [0.3, 0.4) is 0 Å². The Kier molecular flexibility index (Phi) is 4.99. The lowest BCUT2D eigenvalue weighted by Crippen LogP contribution is -2.40. The number of aromatic nitrogens is 2. The summed E-state index contributed by atoms with van der Waals surface area (Å²) in [5.41, 5.74) is 0.194. The van der Waals surface area contributed by atoms with Gasteiger partial charge in [0.25, 0.3) is 0 Å². The number of nitrogens with zero attached hydrogens (tertiary/aromatic N) is 3. The molecule has 7 heteroatoms. The van der Waals surface area contributed by atoms with Crippen molar-refractivity contribution in [3.05, 3.63) is 11.4 Å². The monoisotopic (exact) mass is 303 g/mol. The molecule has 0 spiro atoms. The van der Waals surface area contributed by atoms with Crippen molar-refractivity contribution in [3.8, 4) is 0 Å². The largest absolute Gasteiger partial charge is 0.389 e. The molecule has 0 aliphatic heterocycles. The van der Waals surface area contributed by atoms with E-state index in [4.69, 9.17) is 0 Å². The number of aryl methyl sites for hydroxylation is 2. The van der Waals surface area contributed by atoms with Gasteiger partial charge in [0.15, 0.2) is 0 Å². The van der Waals surface area contributed by atoms with Crippen molar-refractivity contribution in [2.45, 2.75) is 51.0 Å². The van der Waals surface area contributed by atoms with Crippen LogP contribution in [0.5, 0.6) is 0 Å². The summed E-state index contributed by atoms with van der Waals surface area (Å²) in [4.78, 5) is 0.289. The SMILES string of the molecule is CCc1nn(C)c(CC)c1S(=O)(=O)N(C)CC(C)(C)O. The first-order valence-corrected chi connectivity index (χ1v) is 8.22. The first-order chi connectivity index (χ1) is 9.04. The van der Waals surface area contributed by atoms with Gasteiger partial charge < -0.3 is 5.11 Å². The molecule has 0 saturated heterocycles. The maximum absolute atomic E-state index is 12.7. The van der Waals surface area contributed by atoms with Gasteiger partial charge in [0.1, 0.15) is 4.90 Å². The Morgan fingerprint density at radius 2 is 1.85 bits per heavy atom. The smallest absolute Gasteiger partial charge is 0.246 e. The molecule has 0 fully saturated rings. The topological polar surface area (TPSA) is 75.4 Å². The lowest BCUT2D eigenvalue weighted by atomic mass is 10.1. The quantitative estimate of drug-likeness (QED) is 0.848. The van der Waals surface area contributed by atoms with Gasteiger partial charge in [-0.1, -0.05) is 13.8 Å². The molecule has 0 aromatic carbocycles. The molecule has 0 atom stereocenters. The molecular formula is C13H25N3O3S. The van der Waals surface area contributed by atoms with Gasteiger partial charge in [-0.25, -0.2) is 8.42 Å². The normalized spacial score (nSPS) is 13.2. The number of sulfonamides is 1. The summed E-state index contributed by atoms with van der Waals surface area (Å²) in [6.07, 6.45) is 1.15. The van der Waals surface area contributed by atoms with Gasteiger partial charge in [-0.2, -0.15) is 9.40 Å². The first-order valence-electron chi connectivity index (χ1n) is 6.78. The number of rotatable bonds is 6. The van der Waals surface area contributed by atoms with Crippen molar-refractivity contribution in [1.82, 2.24) is 14.1 Å². The number of hydrogen-bond acceptors (Lipinski definition) is 4. The Hall–Kier alpha value is -0.920. The second kappa shape index (κ2) is 5.83. The number of likely N-dealkylation sites (N-methyl/N-ethyl adjacent to an activating group) is 1. The van der Waals surface area contributed by atoms with E-state index >= 15 is 0 Å². The standard InChI is InChI=1S/C13H25N3O3S/c1-7-10-12(11(8-2)16(6)14-10)20(18,19)15(5)9-13(3,4)17/h17H,7-9H2,1-6H3. The van der Waals surface area contributed by atoms with Crippen molar-refractivity contribution in [2.75, 3.05) is 13.6 Å². The Bertz CT molecular complexity index is 570. The van der Waals surface area contributed by atoms with Gasteiger partial charge in [-0.3, -0.25) is 4.68 Å². The molecule has 1 heterocycles. The van der Waals surface area contributed by atoms with Gasteiger partial charge in [0, 0.05) is 20.6 Å². The fourth-order valence-electron chi connectivity index (χ4n) is 2.30. The summed E-state index contributed by atoms with van der Waals surface area (Å²) in [5.74, 6) is 0. The molecule has 0 saturated carbocycles. The Labute approximate surface area is 121 Å². The van der Waals surface area contributed by atoms with Crippen LogP contribution in [0.1, 0.15) is 39.1 Å². The van der Waals surface area contributed by atoms with Crippen molar-refractivity contribution in [1.29, 1.82) is 0 Å². The highest BCUT2D eigenvalue weighted by Crippen LogP contribution is 2.25. The van der Waals surface area contributed by atoms with Gasteiger partial charge in [-0.05, 0) is 26.7 Å². The third kappa shape index (κ3) is 3.39. The first kappa shape index (κ1) is 17.1. The zero-order valence-corrected chi connectivity index (χ0v) is 14.0. The van der Waals surface area contributed by atoms with E-state index in [1.54, 1.807) is 25.6 Å². The molecule has 6 nitrogen and oxygen atoms in total. The zero-order chi connectivity index (χ0) is 15.7. The lowest BCUT2D eigenvalue weighted by Gasteiger charge is -2.25. The van der Waals surface area contributed by atoms with E-state index in [0.29, 0.717) is 24.2 Å². The molecule has 20 heavy (non-hydrogen) atoms. The Morgan fingerprint density at radius 3 is 2.25 bits per heavy atom. The highest BCUT2D eigenvalue weighted by molar-refractivity contribution is 7.89. The summed E-state index contributed by atoms with van der Waals surface area (Å²) in [6, 6.07) is 0. The van der Waals surface area contributed by atoms with E-state index in [1.807, 2.05) is 13.8 Å². The Morgan fingerprint density at radius 1 is 1.30 bits per heavy atom. The summed E-state index contributed by atoms with van der Waals surface area (Å²) in [7, 11) is -0.405. The minimum Gasteiger partial charge on any atom is -0.389 e. The minimum atomic E-state index is -3.65. The molecule has 0 aliphatic carbocycles. The third-order valence-electron chi connectivity index (χ3n) is 3.13. The highest BCUT2D eigenvalue weighted by Gasteiger charge is 2.32. The van der Waals surface area contributed by atoms with E-state index in [-0.39, 0.29) is 11.4 Å². The number of hydrogen-bond donors (Lipinski definition) is 1. The Balaban J connectivity index is 3.35. The fraction of sp³-hybridized carbons (Fsp3) is 0.769. The van der Waals surface area contributed by atoms with Crippen molar-refractivity contribution >= 4 is 10.0 Å². The van der Waals surface area contributed by atoms with Crippen LogP contribution in [0.4, 0.5) is 0 Å². The second-order valence-corrected chi connectivity index (χ2v) is 7.61. The molecule has 0 radical (unpaired) electrons. The zero-order valence-electron chi connectivity index (χ0n) is 13.1. The molecular weight excluding hydrogens is 278 g/mol. The van der Waals surface area contributed by atoms with Crippen molar-refractivity contribution in [3.63, 3.8) is 0 Å². The summed E-state index contributed by atoms with van der Waals surface area (Å²) in [6.45, 7) is 7.01.